The van der Waals surface area contributed by atoms with E-state index in [1.165, 1.54) is 6.07 Å². The zero-order valence-corrected chi connectivity index (χ0v) is 27.1. The number of hydrogen-bond donors (Lipinski definition) is 2. The third kappa shape index (κ3) is 5.11. The molecule has 2 aromatic carbocycles. The number of benzene rings is 2. The van der Waals surface area contributed by atoms with Crippen LogP contribution in [0.3, 0.4) is 0 Å². The van der Waals surface area contributed by atoms with Crippen molar-refractivity contribution in [3.8, 4) is 24.1 Å². The lowest BCUT2D eigenvalue weighted by molar-refractivity contribution is 0.125. The van der Waals surface area contributed by atoms with E-state index in [9.17, 15) is 9.32 Å². The molecule has 46 heavy (non-hydrogen) atoms. The average Bonchev–Trinajstić information content (AvgIpc) is 3.96. The Morgan fingerprint density at radius 1 is 1.17 bits per heavy atom. The molecular formula is C35H39FN6O3S. The van der Waals surface area contributed by atoms with E-state index in [0.717, 1.165) is 71.2 Å². The number of aromatic hydroxyl groups is 1. The van der Waals surface area contributed by atoms with Gasteiger partial charge in [0, 0.05) is 55.1 Å². The van der Waals surface area contributed by atoms with Crippen LogP contribution in [0.5, 0.6) is 11.8 Å². The van der Waals surface area contributed by atoms with Gasteiger partial charge in [-0.25, -0.2) is 8.60 Å². The van der Waals surface area contributed by atoms with Crippen molar-refractivity contribution in [3.05, 3.63) is 46.9 Å². The van der Waals surface area contributed by atoms with E-state index in [-0.39, 0.29) is 28.8 Å². The molecule has 4 fully saturated rings. The molecule has 1 atom stereocenters. The summed E-state index contributed by atoms with van der Waals surface area (Å²) in [6, 6.07) is 6.38. The number of nitrogens with zero attached hydrogens (tertiary/aromatic N) is 5. The molecule has 11 heteroatoms. The van der Waals surface area contributed by atoms with Crippen LogP contribution in [0, 0.1) is 29.0 Å². The normalized spacial score (nSPS) is 22.8. The summed E-state index contributed by atoms with van der Waals surface area (Å²) in [6.07, 6.45) is 13.7. The molecule has 3 aromatic rings. The summed E-state index contributed by atoms with van der Waals surface area (Å²) in [4.78, 5) is 14.9. The number of ether oxygens (including phenoxy) is 1. The number of aromatic nitrogens is 2. The zero-order valence-electron chi connectivity index (χ0n) is 26.3. The third-order valence-corrected chi connectivity index (χ3v) is 11.9. The highest BCUT2D eigenvalue weighted by Crippen LogP contribution is 2.49. The number of hydrogen-bond acceptors (Lipinski definition) is 8. The van der Waals surface area contributed by atoms with E-state index in [2.05, 4.69) is 35.1 Å². The lowest BCUT2D eigenvalue weighted by Gasteiger charge is -2.49. The molecule has 2 N–H and O–H groups in total. The monoisotopic (exact) mass is 642 g/mol. The third-order valence-electron chi connectivity index (χ3n) is 10.3. The van der Waals surface area contributed by atoms with Gasteiger partial charge in [0.05, 0.1) is 23.6 Å². The Morgan fingerprint density at radius 3 is 2.57 bits per heavy atom. The Kier molecular flexibility index (Phi) is 7.05. The van der Waals surface area contributed by atoms with E-state index < -0.39 is 16.8 Å². The Balaban J connectivity index is 1.27. The minimum Gasteiger partial charge on any atom is -0.508 e. The van der Waals surface area contributed by atoms with Gasteiger partial charge in [-0.1, -0.05) is 12.0 Å². The minimum absolute atomic E-state index is 0.0149. The van der Waals surface area contributed by atoms with E-state index in [1.54, 1.807) is 18.2 Å². The molecule has 1 unspecified atom stereocenters. The highest BCUT2D eigenvalue weighted by molar-refractivity contribution is 7.83. The van der Waals surface area contributed by atoms with Crippen molar-refractivity contribution in [2.24, 2.45) is 10.8 Å². The number of anilines is 1. The molecule has 3 aliphatic heterocycles. The van der Waals surface area contributed by atoms with Gasteiger partial charge in [0.2, 0.25) is 0 Å². The van der Waals surface area contributed by atoms with E-state index in [0.29, 0.717) is 50.5 Å². The average molecular weight is 643 g/mol. The minimum atomic E-state index is -1.66. The number of phenolic OH excluding ortho intramolecular Hbond substituents is 1. The number of nitrogens with one attached hydrogen (secondary N) is 1. The van der Waals surface area contributed by atoms with Crippen LogP contribution in [0.2, 0.25) is 0 Å². The molecule has 9 nitrogen and oxygen atoms in total. The molecule has 8 rings (SSSR count). The van der Waals surface area contributed by atoms with Gasteiger partial charge >= 0.3 is 6.01 Å². The van der Waals surface area contributed by atoms with Crippen molar-refractivity contribution in [2.75, 3.05) is 58.3 Å². The number of halogens is 1. The number of rotatable bonds is 8. The first-order chi connectivity index (χ1) is 22.2. The smallest absolute Gasteiger partial charge is 0.319 e. The van der Waals surface area contributed by atoms with E-state index in [4.69, 9.17) is 21.1 Å². The first-order valence-electron chi connectivity index (χ1n) is 16.2. The van der Waals surface area contributed by atoms with Crippen LogP contribution in [0.1, 0.15) is 55.3 Å². The summed E-state index contributed by atoms with van der Waals surface area (Å²) < 4.78 is 38.1. The molecule has 4 heterocycles. The van der Waals surface area contributed by atoms with Gasteiger partial charge < -0.3 is 25.0 Å². The second kappa shape index (κ2) is 10.9. The van der Waals surface area contributed by atoms with Crippen molar-refractivity contribution < 1.29 is 18.4 Å². The molecule has 2 saturated carbocycles. The highest BCUT2D eigenvalue weighted by Gasteiger charge is 2.46. The van der Waals surface area contributed by atoms with Crippen molar-refractivity contribution in [2.45, 2.75) is 49.5 Å². The summed E-state index contributed by atoms with van der Waals surface area (Å²) >= 11 is 0. The standard InChI is InChI=1S/C35H39FN6O3S/c1-4-25-27(36)8-5-22-15-24(43)16-26(30(22)25)29-17-28-31(46(44)42(29)23-6-7-23)32(41-13-11-34(12-14-41)18-37-19-34)39-33(38-28)45-21-35(9-10-35)20-40(2)3/h1,5,8,15-17,23,37,43H,6-7,9-14,18-21H2,2-3H3. The van der Waals surface area contributed by atoms with Crippen LogP contribution in [0.15, 0.2) is 29.2 Å². The summed E-state index contributed by atoms with van der Waals surface area (Å²) in [5, 5.41) is 15.3. The Morgan fingerprint density at radius 2 is 1.93 bits per heavy atom. The van der Waals surface area contributed by atoms with Crippen LogP contribution in [-0.2, 0) is 11.0 Å². The van der Waals surface area contributed by atoms with Crippen molar-refractivity contribution >= 4 is 39.3 Å². The van der Waals surface area contributed by atoms with Crippen LogP contribution in [0.25, 0.3) is 22.5 Å². The maximum absolute atomic E-state index is 15.1. The van der Waals surface area contributed by atoms with Crippen LogP contribution >= 0.6 is 0 Å². The molecule has 1 aromatic heterocycles. The fraction of sp³-hybridized carbons (Fsp3) is 0.486. The summed E-state index contributed by atoms with van der Waals surface area (Å²) in [6.45, 7) is 5.14. The Bertz CT molecular complexity index is 1830. The SMILES string of the molecule is C#Cc1c(F)ccc2cc(O)cc(C3=Cc4nc(OCC5(CN(C)C)CC5)nc(N5CCC6(CC5)CNC6)c4S(=O)N3C3CC3)c12. The highest BCUT2D eigenvalue weighted by atomic mass is 32.2. The molecule has 2 saturated heterocycles. The topological polar surface area (TPSA) is 94.1 Å². The molecular weight excluding hydrogens is 603 g/mol. The van der Waals surface area contributed by atoms with Crippen molar-refractivity contribution in [3.63, 3.8) is 0 Å². The molecule has 0 radical (unpaired) electrons. The molecule has 5 aliphatic rings. The van der Waals surface area contributed by atoms with Crippen LogP contribution in [-0.4, -0.2) is 88.0 Å². The zero-order chi connectivity index (χ0) is 31.8. The van der Waals surface area contributed by atoms with Crippen LogP contribution in [0.4, 0.5) is 10.2 Å². The van der Waals surface area contributed by atoms with Gasteiger partial charge in [-0.15, -0.1) is 6.42 Å². The van der Waals surface area contributed by atoms with Gasteiger partial charge in [0.15, 0.2) is 16.8 Å². The maximum atomic E-state index is 15.1. The van der Waals surface area contributed by atoms with Gasteiger partial charge in [0.1, 0.15) is 16.5 Å². The largest absolute Gasteiger partial charge is 0.508 e. The maximum Gasteiger partial charge on any atom is 0.319 e. The first kappa shape index (κ1) is 29.7. The number of terminal acetylenes is 1. The van der Waals surface area contributed by atoms with Gasteiger partial charge in [-0.3, -0.25) is 4.31 Å². The van der Waals surface area contributed by atoms with Gasteiger partial charge in [-0.2, -0.15) is 9.97 Å². The molecule has 240 valence electrons. The molecule has 2 aliphatic carbocycles. The molecule has 0 bridgehead atoms. The number of fused-ring (bicyclic) bond motifs is 2. The lowest BCUT2D eigenvalue weighted by Crippen LogP contribution is -2.58. The van der Waals surface area contributed by atoms with Gasteiger partial charge in [0.25, 0.3) is 0 Å². The second-order valence-corrected chi connectivity index (χ2v) is 15.5. The summed E-state index contributed by atoms with van der Waals surface area (Å²) in [7, 11) is 2.48. The number of piperidine rings is 1. The predicted octanol–water partition coefficient (Wildman–Crippen LogP) is 4.36. The predicted molar refractivity (Wildman–Crippen MR) is 177 cm³/mol. The lowest BCUT2D eigenvalue weighted by atomic mass is 9.73. The second-order valence-electron chi connectivity index (χ2n) is 14.2. The quantitative estimate of drug-likeness (QED) is 0.350. The Labute approximate surface area is 271 Å². The van der Waals surface area contributed by atoms with Gasteiger partial charge in [-0.05, 0) is 87.7 Å². The fourth-order valence-corrected chi connectivity index (χ4v) is 9.03. The van der Waals surface area contributed by atoms with Crippen molar-refractivity contribution in [1.82, 2.24) is 24.5 Å². The number of phenols is 1. The molecule has 1 spiro atoms. The van der Waals surface area contributed by atoms with Crippen LogP contribution < -0.4 is 15.0 Å². The summed E-state index contributed by atoms with van der Waals surface area (Å²) in [5.74, 6) is 2.67. The van der Waals surface area contributed by atoms with E-state index in [1.807, 2.05) is 10.4 Å². The summed E-state index contributed by atoms with van der Waals surface area (Å²) in [5.41, 5.74) is 2.16. The van der Waals surface area contributed by atoms with E-state index >= 15 is 4.39 Å². The first-order valence-corrected chi connectivity index (χ1v) is 17.3. The van der Waals surface area contributed by atoms with Crippen molar-refractivity contribution in [1.29, 1.82) is 0 Å². The molecule has 0 amide bonds. The Hall–Kier alpha value is -3.72. The fourth-order valence-electron chi connectivity index (χ4n) is 7.40.